The summed E-state index contributed by atoms with van der Waals surface area (Å²) in [5.74, 6) is 0.0655. The predicted octanol–water partition coefficient (Wildman–Crippen LogP) is 4.75. The molecule has 2 aromatic rings. The van der Waals surface area contributed by atoms with E-state index in [-0.39, 0.29) is 16.7 Å². The lowest BCUT2D eigenvalue weighted by atomic mass is 9.82. The highest BCUT2D eigenvalue weighted by Gasteiger charge is 2.37. The fourth-order valence-electron chi connectivity index (χ4n) is 3.09. The normalized spacial score (nSPS) is 17.7. The van der Waals surface area contributed by atoms with Crippen molar-refractivity contribution in [2.45, 2.75) is 35.4 Å². The van der Waals surface area contributed by atoms with Gasteiger partial charge in [0.15, 0.2) is 0 Å². The Labute approximate surface area is 161 Å². The smallest absolute Gasteiger partial charge is 0.233 e. The molecule has 1 N–H and O–H groups in total. The molecule has 1 aliphatic heterocycles. The van der Waals surface area contributed by atoms with Gasteiger partial charge in [0.05, 0.1) is 10.8 Å². The number of carbonyl (C=O) groups excluding carboxylic acids is 1. The first-order valence-corrected chi connectivity index (χ1v) is 10.1. The van der Waals surface area contributed by atoms with E-state index >= 15 is 0 Å². The van der Waals surface area contributed by atoms with Crippen LogP contribution in [0.2, 0.25) is 0 Å². The third-order valence-electron chi connectivity index (χ3n) is 4.51. The van der Waals surface area contributed by atoms with E-state index < -0.39 is 0 Å². The van der Waals surface area contributed by atoms with Gasteiger partial charge in [-0.05, 0) is 49.6 Å². The molecule has 2 aromatic carbocycles. The number of carbonyl (C=O) groups is 1. The van der Waals surface area contributed by atoms with E-state index in [0.717, 1.165) is 27.8 Å². The van der Waals surface area contributed by atoms with Crippen molar-refractivity contribution >= 4 is 33.6 Å². The Morgan fingerprint density at radius 1 is 1.16 bits per heavy atom. The van der Waals surface area contributed by atoms with Crippen LogP contribution < -0.4 is 5.32 Å². The van der Waals surface area contributed by atoms with Crippen molar-refractivity contribution in [1.82, 2.24) is 5.32 Å². The second-order valence-corrected chi connectivity index (χ2v) is 8.60. The number of rotatable bonds is 5. The van der Waals surface area contributed by atoms with Crippen LogP contribution in [0.5, 0.6) is 0 Å². The Morgan fingerprint density at radius 3 is 2.56 bits per heavy atom. The molecule has 1 heterocycles. The Morgan fingerprint density at radius 2 is 1.88 bits per heavy atom. The molecule has 132 valence electrons. The number of halogens is 1. The molecule has 3 nitrogen and oxygen atoms in total. The highest BCUT2D eigenvalue weighted by molar-refractivity contribution is 9.10. The lowest BCUT2D eigenvalue weighted by Gasteiger charge is -2.39. The van der Waals surface area contributed by atoms with Crippen molar-refractivity contribution in [3.05, 3.63) is 64.6 Å². The quantitative estimate of drug-likeness (QED) is 0.710. The first kappa shape index (κ1) is 18.5. The molecule has 1 aliphatic rings. The molecule has 0 aromatic heterocycles. The summed E-state index contributed by atoms with van der Waals surface area (Å²) in [4.78, 5) is 14.0. The van der Waals surface area contributed by atoms with Gasteiger partial charge in [-0.25, -0.2) is 0 Å². The van der Waals surface area contributed by atoms with Crippen molar-refractivity contribution in [3.63, 3.8) is 0 Å². The van der Waals surface area contributed by atoms with E-state index in [9.17, 15) is 4.79 Å². The molecule has 1 atom stereocenters. The largest absolute Gasteiger partial charge is 0.381 e. The number of ether oxygens (including phenoxy) is 1. The summed E-state index contributed by atoms with van der Waals surface area (Å²) in [7, 11) is 0. The molecular formula is C20H22BrNO2S. The van der Waals surface area contributed by atoms with Gasteiger partial charge in [-0.1, -0.05) is 46.3 Å². The maximum absolute atomic E-state index is 12.9. The molecule has 0 radical (unpaired) electrons. The summed E-state index contributed by atoms with van der Waals surface area (Å²) in [6, 6.07) is 18.3. The van der Waals surface area contributed by atoms with Crippen LogP contribution >= 0.6 is 27.7 Å². The van der Waals surface area contributed by atoms with Crippen LogP contribution in [-0.2, 0) is 15.1 Å². The van der Waals surface area contributed by atoms with Gasteiger partial charge in [0.2, 0.25) is 5.91 Å². The fraction of sp³-hybridized carbons (Fsp3) is 0.350. The Hall–Kier alpha value is -1.30. The van der Waals surface area contributed by atoms with Crippen LogP contribution in [0.15, 0.2) is 64.0 Å². The maximum Gasteiger partial charge on any atom is 0.233 e. The highest BCUT2D eigenvalue weighted by Crippen LogP contribution is 2.34. The predicted molar refractivity (Wildman–Crippen MR) is 106 cm³/mol. The van der Waals surface area contributed by atoms with E-state index in [1.165, 1.54) is 0 Å². The average molecular weight is 420 g/mol. The average Bonchev–Trinajstić information content (AvgIpc) is 2.63. The summed E-state index contributed by atoms with van der Waals surface area (Å²) in [6.07, 6.45) is 1.58. The summed E-state index contributed by atoms with van der Waals surface area (Å²) in [5.41, 5.74) is 0.778. The standard InChI is InChI=1S/C20H22BrNO2S/c1-15(25-18-8-3-2-4-9-18)19(23)22-20(10-12-24-13-11-20)16-6-5-7-17(21)14-16/h2-9,14-15H,10-13H2,1H3,(H,22,23). The molecule has 5 heteroatoms. The molecule has 0 spiro atoms. The van der Waals surface area contributed by atoms with Crippen molar-refractivity contribution < 1.29 is 9.53 Å². The fourth-order valence-corrected chi connectivity index (χ4v) is 4.37. The zero-order chi connectivity index (χ0) is 17.7. The van der Waals surface area contributed by atoms with Gasteiger partial charge < -0.3 is 10.1 Å². The number of benzene rings is 2. The lowest BCUT2D eigenvalue weighted by molar-refractivity contribution is -0.123. The monoisotopic (exact) mass is 419 g/mol. The number of hydrogen-bond acceptors (Lipinski definition) is 3. The number of amides is 1. The summed E-state index contributed by atoms with van der Waals surface area (Å²) < 4.78 is 6.57. The van der Waals surface area contributed by atoms with Crippen molar-refractivity contribution in [2.24, 2.45) is 0 Å². The van der Waals surface area contributed by atoms with Gasteiger partial charge in [-0.15, -0.1) is 11.8 Å². The van der Waals surface area contributed by atoms with Crippen LogP contribution in [0, 0.1) is 0 Å². The number of nitrogens with one attached hydrogen (secondary N) is 1. The van der Waals surface area contributed by atoms with Gasteiger partial charge in [-0.2, -0.15) is 0 Å². The van der Waals surface area contributed by atoms with Crippen LogP contribution in [0.4, 0.5) is 0 Å². The maximum atomic E-state index is 12.9. The SMILES string of the molecule is CC(Sc1ccccc1)C(=O)NC1(c2cccc(Br)c2)CCOCC1. The molecule has 3 rings (SSSR count). The number of thioether (sulfide) groups is 1. The molecule has 0 saturated carbocycles. The van der Waals surface area contributed by atoms with E-state index in [1.54, 1.807) is 11.8 Å². The molecule has 25 heavy (non-hydrogen) atoms. The second kappa shape index (κ2) is 8.39. The summed E-state index contributed by atoms with van der Waals surface area (Å²) in [6.45, 7) is 3.28. The van der Waals surface area contributed by atoms with Crippen molar-refractivity contribution in [3.8, 4) is 0 Å². The van der Waals surface area contributed by atoms with E-state index in [0.29, 0.717) is 13.2 Å². The lowest BCUT2D eigenvalue weighted by Crippen LogP contribution is -2.51. The minimum absolute atomic E-state index is 0.0655. The van der Waals surface area contributed by atoms with Crippen molar-refractivity contribution in [1.29, 1.82) is 0 Å². The molecular weight excluding hydrogens is 398 g/mol. The van der Waals surface area contributed by atoms with Gasteiger partial charge in [0, 0.05) is 22.6 Å². The zero-order valence-corrected chi connectivity index (χ0v) is 16.6. The topological polar surface area (TPSA) is 38.3 Å². The van der Waals surface area contributed by atoms with E-state index in [2.05, 4.69) is 33.4 Å². The summed E-state index contributed by atoms with van der Waals surface area (Å²) >= 11 is 5.13. The molecule has 1 fully saturated rings. The minimum atomic E-state index is -0.357. The van der Waals surface area contributed by atoms with Gasteiger partial charge in [0.25, 0.3) is 0 Å². The Kier molecular flexibility index (Phi) is 6.20. The van der Waals surface area contributed by atoms with Gasteiger partial charge in [-0.3, -0.25) is 4.79 Å². The molecule has 1 amide bonds. The Balaban J connectivity index is 1.77. The second-order valence-electron chi connectivity index (χ2n) is 6.27. The third kappa shape index (κ3) is 4.66. The van der Waals surface area contributed by atoms with Crippen LogP contribution in [0.25, 0.3) is 0 Å². The van der Waals surface area contributed by atoms with Crippen molar-refractivity contribution in [2.75, 3.05) is 13.2 Å². The van der Waals surface area contributed by atoms with Gasteiger partial charge >= 0.3 is 0 Å². The van der Waals surface area contributed by atoms with Crippen LogP contribution in [0.3, 0.4) is 0 Å². The van der Waals surface area contributed by atoms with E-state index in [1.807, 2.05) is 49.4 Å². The highest BCUT2D eigenvalue weighted by atomic mass is 79.9. The Bertz CT molecular complexity index is 717. The summed E-state index contributed by atoms with van der Waals surface area (Å²) in [5, 5.41) is 3.18. The molecule has 0 aliphatic carbocycles. The van der Waals surface area contributed by atoms with Crippen LogP contribution in [-0.4, -0.2) is 24.4 Å². The zero-order valence-electron chi connectivity index (χ0n) is 14.2. The first-order valence-electron chi connectivity index (χ1n) is 8.47. The van der Waals surface area contributed by atoms with Gasteiger partial charge in [0.1, 0.15) is 0 Å². The minimum Gasteiger partial charge on any atom is -0.381 e. The molecule has 1 saturated heterocycles. The molecule has 0 bridgehead atoms. The number of hydrogen-bond donors (Lipinski definition) is 1. The molecule has 1 unspecified atom stereocenters. The first-order chi connectivity index (χ1) is 12.1. The van der Waals surface area contributed by atoms with E-state index in [4.69, 9.17) is 4.74 Å². The van der Waals surface area contributed by atoms with Crippen LogP contribution in [0.1, 0.15) is 25.3 Å². The third-order valence-corrected chi connectivity index (χ3v) is 6.12.